The van der Waals surface area contributed by atoms with Crippen molar-refractivity contribution >= 4 is 5.97 Å². The lowest BCUT2D eigenvalue weighted by molar-refractivity contribution is -0.145. The summed E-state index contributed by atoms with van der Waals surface area (Å²) >= 11 is 0. The summed E-state index contributed by atoms with van der Waals surface area (Å²) in [4.78, 5) is 11.4. The van der Waals surface area contributed by atoms with Crippen LogP contribution in [-0.4, -0.2) is 12.6 Å². The van der Waals surface area contributed by atoms with Crippen LogP contribution >= 0.6 is 0 Å². The van der Waals surface area contributed by atoms with E-state index in [0.717, 1.165) is 12.8 Å². The van der Waals surface area contributed by atoms with E-state index in [9.17, 15) is 4.79 Å². The molecule has 0 N–H and O–H groups in total. The molecule has 0 spiro atoms. The van der Waals surface area contributed by atoms with Crippen molar-refractivity contribution in [2.75, 3.05) is 6.61 Å². The van der Waals surface area contributed by atoms with Crippen LogP contribution in [0, 0.1) is 5.92 Å². The van der Waals surface area contributed by atoms with Gasteiger partial charge in [0.05, 0.1) is 6.61 Å². The van der Waals surface area contributed by atoms with E-state index in [1.54, 1.807) is 0 Å². The van der Waals surface area contributed by atoms with E-state index in [-0.39, 0.29) is 5.97 Å². The van der Waals surface area contributed by atoms with Gasteiger partial charge in [-0.15, -0.1) is 0 Å². The molecule has 1 atom stereocenters. The molecule has 0 aliphatic heterocycles. The van der Waals surface area contributed by atoms with E-state index in [1.807, 2.05) is 0 Å². The highest BCUT2D eigenvalue weighted by atomic mass is 16.5. The zero-order chi connectivity index (χ0) is 12.9. The van der Waals surface area contributed by atoms with Gasteiger partial charge in [-0.05, 0) is 18.8 Å². The van der Waals surface area contributed by atoms with Gasteiger partial charge in [-0.25, -0.2) is 0 Å². The van der Waals surface area contributed by atoms with Gasteiger partial charge in [-0.1, -0.05) is 59.3 Å². The third-order valence-electron chi connectivity index (χ3n) is 3.06. The van der Waals surface area contributed by atoms with Crippen LogP contribution in [0.3, 0.4) is 0 Å². The van der Waals surface area contributed by atoms with Crippen LogP contribution in [0.4, 0.5) is 0 Å². The van der Waals surface area contributed by atoms with Gasteiger partial charge in [0.15, 0.2) is 0 Å². The number of hydrogen-bond donors (Lipinski definition) is 0. The second kappa shape index (κ2) is 11.9. The summed E-state index contributed by atoms with van der Waals surface area (Å²) in [7, 11) is 0. The number of carbonyl (C=O) groups is 1. The predicted octanol–water partition coefficient (Wildman–Crippen LogP) is 4.72. The molecule has 1 unspecified atom stereocenters. The second-order valence-corrected chi connectivity index (χ2v) is 5.09. The Labute approximate surface area is 107 Å². The van der Waals surface area contributed by atoms with Gasteiger partial charge in [-0.2, -0.15) is 0 Å². The van der Waals surface area contributed by atoms with Crippen LogP contribution in [-0.2, 0) is 9.53 Å². The zero-order valence-electron chi connectivity index (χ0n) is 12.0. The fraction of sp³-hybridized carbons (Fsp3) is 0.933. The minimum atomic E-state index is -0.00940. The summed E-state index contributed by atoms with van der Waals surface area (Å²) in [5.74, 6) is 0.504. The van der Waals surface area contributed by atoms with E-state index in [4.69, 9.17) is 4.74 Å². The largest absolute Gasteiger partial charge is 0.465 e. The average molecular weight is 242 g/mol. The van der Waals surface area contributed by atoms with Crippen LogP contribution < -0.4 is 0 Å². The normalized spacial score (nSPS) is 12.4. The maximum absolute atomic E-state index is 11.4. The van der Waals surface area contributed by atoms with Crippen molar-refractivity contribution < 1.29 is 9.53 Å². The van der Waals surface area contributed by atoms with E-state index < -0.39 is 0 Å². The zero-order valence-corrected chi connectivity index (χ0v) is 12.0. The standard InChI is InChI=1S/C15H30O2/c1-4-6-8-9-10-12-15(16)17-13-14(3)11-7-5-2/h14H,4-13H2,1-3H3. The molecule has 0 aromatic rings. The van der Waals surface area contributed by atoms with E-state index >= 15 is 0 Å². The molecule has 0 saturated heterocycles. The first-order chi connectivity index (χ1) is 8.20. The molecule has 0 aromatic carbocycles. The number of esters is 1. The van der Waals surface area contributed by atoms with Crippen LogP contribution in [0.1, 0.15) is 78.6 Å². The summed E-state index contributed by atoms with van der Waals surface area (Å²) in [5, 5.41) is 0. The van der Waals surface area contributed by atoms with E-state index in [1.165, 1.54) is 38.5 Å². The van der Waals surface area contributed by atoms with Gasteiger partial charge < -0.3 is 4.74 Å². The first-order valence-corrected chi connectivity index (χ1v) is 7.36. The Morgan fingerprint density at radius 1 is 1.00 bits per heavy atom. The highest BCUT2D eigenvalue weighted by molar-refractivity contribution is 5.69. The van der Waals surface area contributed by atoms with E-state index in [0.29, 0.717) is 18.9 Å². The topological polar surface area (TPSA) is 26.3 Å². The fourth-order valence-corrected chi connectivity index (χ4v) is 1.82. The third kappa shape index (κ3) is 11.7. The highest BCUT2D eigenvalue weighted by Gasteiger charge is 2.06. The fourth-order valence-electron chi connectivity index (χ4n) is 1.82. The first-order valence-electron chi connectivity index (χ1n) is 7.36. The quantitative estimate of drug-likeness (QED) is 0.387. The van der Waals surface area contributed by atoms with Crippen molar-refractivity contribution in [3.63, 3.8) is 0 Å². The first kappa shape index (κ1) is 16.5. The monoisotopic (exact) mass is 242 g/mol. The summed E-state index contributed by atoms with van der Waals surface area (Å²) < 4.78 is 5.27. The lowest BCUT2D eigenvalue weighted by Gasteiger charge is -2.11. The van der Waals surface area contributed by atoms with Crippen molar-refractivity contribution in [1.29, 1.82) is 0 Å². The molecular weight excluding hydrogens is 212 g/mol. The Bertz CT molecular complexity index is 178. The van der Waals surface area contributed by atoms with Gasteiger partial charge >= 0.3 is 5.97 Å². The van der Waals surface area contributed by atoms with E-state index in [2.05, 4.69) is 20.8 Å². The molecule has 2 heteroatoms. The van der Waals surface area contributed by atoms with Gasteiger partial charge in [0, 0.05) is 6.42 Å². The maximum atomic E-state index is 11.4. The van der Waals surface area contributed by atoms with Crippen LogP contribution in [0.5, 0.6) is 0 Å². The molecule has 0 rings (SSSR count). The summed E-state index contributed by atoms with van der Waals surface area (Å²) in [6, 6.07) is 0. The minimum absolute atomic E-state index is 0.00940. The Kier molecular flexibility index (Phi) is 11.6. The molecule has 0 radical (unpaired) electrons. The molecular formula is C15H30O2. The third-order valence-corrected chi connectivity index (χ3v) is 3.06. The SMILES string of the molecule is CCCCCCCC(=O)OCC(C)CCCC. The molecule has 2 nitrogen and oxygen atoms in total. The van der Waals surface area contributed by atoms with Crippen LogP contribution in [0.25, 0.3) is 0 Å². The molecule has 0 bridgehead atoms. The maximum Gasteiger partial charge on any atom is 0.305 e. The number of unbranched alkanes of at least 4 members (excludes halogenated alkanes) is 5. The molecule has 0 saturated carbocycles. The van der Waals surface area contributed by atoms with Gasteiger partial charge in [0.2, 0.25) is 0 Å². The molecule has 0 fully saturated rings. The van der Waals surface area contributed by atoms with Crippen molar-refractivity contribution in [3.8, 4) is 0 Å². The smallest absolute Gasteiger partial charge is 0.305 e. The Morgan fingerprint density at radius 3 is 2.29 bits per heavy atom. The van der Waals surface area contributed by atoms with Crippen molar-refractivity contribution in [3.05, 3.63) is 0 Å². The Balaban J connectivity index is 3.33. The van der Waals surface area contributed by atoms with Crippen molar-refractivity contribution in [2.45, 2.75) is 78.6 Å². The van der Waals surface area contributed by atoms with Crippen LogP contribution in [0.2, 0.25) is 0 Å². The van der Waals surface area contributed by atoms with Gasteiger partial charge in [0.25, 0.3) is 0 Å². The molecule has 0 heterocycles. The summed E-state index contributed by atoms with van der Waals surface area (Å²) in [6.45, 7) is 7.15. The average Bonchev–Trinajstić information content (AvgIpc) is 2.33. The minimum Gasteiger partial charge on any atom is -0.465 e. The van der Waals surface area contributed by atoms with Crippen molar-refractivity contribution in [1.82, 2.24) is 0 Å². The number of ether oxygens (including phenoxy) is 1. The number of rotatable bonds is 11. The van der Waals surface area contributed by atoms with Crippen molar-refractivity contribution in [2.24, 2.45) is 5.92 Å². The van der Waals surface area contributed by atoms with Gasteiger partial charge in [-0.3, -0.25) is 4.79 Å². The molecule has 0 aromatic heterocycles. The predicted molar refractivity (Wildman–Crippen MR) is 73.0 cm³/mol. The summed E-state index contributed by atoms with van der Waals surface area (Å²) in [6.07, 6.45) is 10.1. The van der Waals surface area contributed by atoms with Crippen LogP contribution in [0.15, 0.2) is 0 Å². The Hall–Kier alpha value is -0.530. The molecule has 17 heavy (non-hydrogen) atoms. The second-order valence-electron chi connectivity index (χ2n) is 5.09. The Morgan fingerprint density at radius 2 is 1.65 bits per heavy atom. The molecule has 102 valence electrons. The van der Waals surface area contributed by atoms with Gasteiger partial charge in [0.1, 0.15) is 0 Å². The number of hydrogen-bond acceptors (Lipinski definition) is 2. The number of carbonyl (C=O) groups excluding carboxylic acids is 1. The molecule has 0 amide bonds. The molecule has 0 aliphatic carbocycles. The molecule has 0 aliphatic rings. The lowest BCUT2D eigenvalue weighted by atomic mass is 10.1. The summed E-state index contributed by atoms with van der Waals surface area (Å²) in [5.41, 5.74) is 0. The highest BCUT2D eigenvalue weighted by Crippen LogP contribution is 2.09. The lowest BCUT2D eigenvalue weighted by Crippen LogP contribution is -2.11.